The summed E-state index contributed by atoms with van der Waals surface area (Å²) in [5.74, 6) is 1.71. The monoisotopic (exact) mass is 363 g/mol. The Morgan fingerprint density at radius 2 is 1.96 bits per heavy atom. The summed E-state index contributed by atoms with van der Waals surface area (Å²) in [6.07, 6.45) is 0. The number of carbonyl (C=O) groups is 1. The second-order valence-corrected chi connectivity index (χ2v) is 7.11. The smallest absolute Gasteiger partial charge is 0.257 e. The van der Waals surface area contributed by atoms with Gasteiger partial charge in [0.25, 0.3) is 5.91 Å². The van der Waals surface area contributed by atoms with Crippen LogP contribution in [0.5, 0.6) is 0 Å². The molecule has 2 aromatic rings. The van der Waals surface area contributed by atoms with Gasteiger partial charge in [-0.25, -0.2) is 4.68 Å². The van der Waals surface area contributed by atoms with Crippen LogP contribution >= 0.6 is 24.0 Å². The molecule has 24 heavy (non-hydrogen) atoms. The van der Waals surface area contributed by atoms with E-state index >= 15 is 0 Å². The van der Waals surface area contributed by atoms with Crippen molar-refractivity contribution in [3.8, 4) is 0 Å². The summed E-state index contributed by atoms with van der Waals surface area (Å²) < 4.78 is 1.67. The van der Waals surface area contributed by atoms with Crippen molar-refractivity contribution >= 4 is 35.0 Å². The van der Waals surface area contributed by atoms with Gasteiger partial charge < -0.3 is 0 Å². The lowest BCUT2D eigenvalue weighted by atomic mass is 10.0. The van der Waals surface area contributed by atoms with Crippen molar-refractivity contribution in [1.29, 1.82) is 0 Å². The summed E-state index contributed by atoms with van der Waals surface area (Å²) in [5, 5.41) is 11.7. The number of hydrogen-bond acceptors (Lipinski definition) is 5. The molecule has 0 fully saturated rings. The zero-order valence-electron chi connectivity index (χ0n) is 14.2. The lowest BCUT2D eigenvalue weighted by molar-refractivity contribution is 0.0977. The second kappa shape index (κ2) is 8.25. The van der Waals surface area contributed by atoms with Gasteiger partial charge in [0.05, 0.1) is 0 Å². The number of hydrogen-bond donors (Lipinski definition) is 2. The minimum absolute atomic E-state index is 0.203. The highest BCUT2D eigenvalue weighted by Gasteiger charge is 2.12. The van der Waals surface area contributed by atoms with Crippen LogP contribution < -0.4 is 10.7 Å². The Labute approximate surface area is 151 Å². The molecule has 0 saturated carbocycles. The summed E-state index contributed by atoms with van der Waals surface area (Å²) in [6, 6.07) is 7.51. The van der Waals surface area contributed by atoms with Crippen LogP contribution in [0.1, 0.15) is 48.4 Å². The minimum Gasteiger partial charge on any atom is -0.298 e. The van der Waals surface area contributed by atoms with Crippen LogP contribution in [-0.2, 0) is 0 Å². The van der Waals surface area contributed by atoms with Crippen molar-refractivity contribution in [2.75, 3.05) is 11.2 Å². The van der Waals surface area contributed by atoms with Gasteiger partial charge in [-0.3, -0.25) is 15.5 Å². The Morgan fingerprint density at radius 1 is 1.29 bits per heavy atom. The molecule has 0 atom stereocenters. The largest absolute Gasteiger partial charge is 0.298 e. The van der Waals surface area contributed by atoms with Crippen LogP contribution in [0.15, 0.2) is 29.4 Å². The zero-order valence-corrected chi connectivity index (χ0v) is 15.8. The Morgan fingerprint density at radius 3 is 2.54 bits per heavy atom. The van der Waals surface area contributed by atoms with Crippen molar-refractivity contribution in [2.24, 2.45) is 0 Å². The number of aromatic nitrogens is 3. The summed E-state index contributed by atoms with van der Waals surface area (Å²) in [4.78, 5) is 12.3. The van der Waals surface area contributed by atoms with E-state index in [2.05, 4.69) is 34.8 Å². The topological polar surface area (TPSA) is 71.8 Å². The predicted octanol–water partition coefficient (Wildman–Crippen LogP) is 3.08. The van der Waals surface area contributed by atoms with Gasteiger partial charge in [-0.2, -0.15) is 0 Å². The van der Waals surface area contributed by atoms with Gasteiger partial charge in [-0.05, 0) is 48.5 Å². The highest BCUT2D eigenvalue weighted by molar-refractivity contribution is 7.99. The molecule has 2 N–H and O–H groups in total. The first-order chi connectivity index (χ1) is 11.4. The Kier molecular flexibility index (Phi) is 6.33. The standard InChI is InChI=1S/C16H21N5OS2/c1-5-24-16-19-18-11(4)21(16)20-15(23)17-14(22)13-8-6-12(7-9-13)10(2)3/h6-10H,5H2,1-4H3,(H2,17,20,22,23). The van der Waals surface area contributed by atoms with Crippen molar-refractivity contribution < 1.29 is 4.79 Å². The lowest BCUT2D eigenvalue weighted by Gasteiger charge is -2.13. The van der Waals surface area contributed by atoms with Crippen molar-refractivity contribution in [2.45, 2.75) is 38.8 Å². The molecule has 0 aliphatic carbocycles. The highest BCUT2D eigenvalue weighted by atomic mass is 32.2. The van der Waals surface area contributed by atoms with Crippen LogP contribution in [0.4, 0.5) is 0 Å². The molecule has 1 aromatic heterocycles. The molecule has 0 aliphatic rings. The molecule has 6 nitrogen and oxygen atoms in total. The SMILES string of the molecule is CCSc1nnc(C)n1NC(=S)NC(=O)c1ccc(C(C)C)cc1. The van der Waals surface area contributed by atoms with E-state index < -0.39 is 0 Å². The van der Waals surface area contributed by atoms with Crippen LogP contribution in [0.2, 0.25) is 0 Å². The summed E-state index contributed by atoms with van der Waals surface area (Å²) in [6.45, 7) is 8.07. The number of amides is 1. The molecule has 0 aliphatic heterocycles. The van der Waals surface area contributed by atoms with E-state index in [1.807, 2.05) is 26.0 Å². The van der Waals surface area contributed by atoms with E-state index in [-0.39, 0.29) is 11.0 Å². The van der Waals surface area contributed by atoms with Gasteiger partial charge >= 0.3 is 0 Å². The number of nitrogens with zero attached hydrogens (tertiary/aromatic N) is 3. The Bertz CT molecular complexity index is 725. The zero-order chi connectivity index (χ0) is 17.7. The molecule has 128 valence electrons. The van der Waals surface area contributed by atoms with Gasteiger partial charge in [0.2, 0.25) is 5.16 Å². The number of thiocarbonyl (C=S) groups is 1. The first-order valence-electron chi connectivity index (χ1n) is 7.69. The van der Waals surface area contributed by atoms with E-state index in [0.29, 0.717) is 22.5 Å². The third-order valence-electron chi connectivity index (χ3n) is 3.35. The number of benzene rings is 1. The average molecular weight is 364 g/mol. The molecule has 0 unspecified atom stereocenters. The van der Waals surface area contributed by atoms with Crippen molar-refractivity contribution in [1.82, 2.24) is 20.2 Å². The predicted molar refractivity (Wildman–Crippen MR) is 101 cm³/mol. The Hall–Kier alpha value is -1.93. The fourth-order valence-electron chi connectivity index (χ4n) is 2.02. The summed E-state index contributed by atoms with van der Waals surface area (Å²) in [5.41, 5.74) is 4.69. The van der Waals surface area contributed by atoms with E-state index in [1.165, 1.54) is 17.3 Å². The van der Waals surface area contributed by atoms with E-state index in [9.17, 15) is 4.79 Å². The molecular formula is C16H21N5OS2. The van der Waals surface area contributed by atoms with E-state index in [0.717, 1.165) is 5.75 Å². The normalized spacial score (nSPS) is 10.7. The Balaban J connectivity index is 2.01. The maximum atomic E-state index is 12.3. The molecule has 0 spiro atoms. The maximum absolute atomic E-state index is 12.3. The molecule has 0 radical (unpaired) electrons. The van der Waals surface area contributed by atoms with Crippen molar-refractivity contribution in [3.05, 3.63) is 41.2 Å². The molecular weight excluding hydrogens is 342 g/mol. The summed E-state index contributed by atoms with van der Waals surface area (Å²) >= 11 is 6.76. The second-order valence-electron chi connectivity index (χ2n) is 5.47. The molecule has 1 aromatic carbocycles. The van der Waals surface area contributed by atoms with E-state index in [4.69, 9.17) is 12.2 Å². The fraction of sp³-hybridized carbons (Fsp3) is 0.375. The molecule has 0 bridgehead atoms. The minimum atomic E-state index is -0.252. The molecule has 1 amide bonds. The number of nitrogens with one attached hydrogen (secondary N) is 2. The lowest BCUT2D eigenvalue weighted by Crippen LogP contribution is -2.38. The maximum Gasteiger partial charge on any atom is 0.257 e. The van der Waals surface area contributed by atoms with Gasteiger partial charge in [0, 0.05) is 5.56 Å². The number of thioether (sulfide) groups is 1. The van der Waals surface area contributed by atoms with Crippen LogP contribution in [0.3, 0.4) is 0 Å². The van der Waals surface area contributed by atoms with Crippen LogP contribution in [0, 0.1) is 6.92 Å². The molecule has 1 heterocycles. The van der Waals surface area contributed by atoms with Gasteiger partial charge in [0.1, 0.15) is 5.82 Å². The van der Waals surface area contributed by atoms with E-state index in [1.54, 1.807) is 16.8 Å². The van der Waals surface area contributed by atoms with Crippen molar-refractivity contribution in [3.63, 3.8) is 0 Å². The highest BCUT2D eigenvalue weighted by Crippen LogP contribution is 2.15. The summed E-state index contributed by atoms with van der Waals surface area (Å²) in [7, 11) is 0. The van der Waals surface area contributed by atoms with Crippen LogP contribution in [0.25, 0.3) is 0 Å². The molecule has 2 rings (SSSR count). The van der Waals surface area contributed by atoms with Crippen LogP contribution in [-0.4, -0.2) is 31.6 Å². The number of rotatable bonds is 5. The third kappa shape index (κ3) is 4.55. The third-order valence-corrected chi connectivity index (χ3v) is 4.35. The fourth-order valence-corrected chi connectivity index (χ4v) is 2.87. The van der Waals surface area contributed by atoms with Gasteiger partial charge in [-0.15, -0.1) is 10.2 Å². The van der Waals surface area contributed by atoms with Gasteiger partial charge in [-0.1, -0.05) is 44.7 Å². The first-order valence-corrected chi connectivity index (χ1v) is 9.08. The quantitative estimate of drug-likeness (QED) is 0.628. The number of carbonyl (C=O) groups excluding carboxylic acids is 1. The average Bonchev–Trinajstić information content (AvgIpc) is 2.88. The van der Waals surface area contributed by atoms with Gasteiger partial charge in [0.15, 0.2) is 5.11 Å². The first kappa shape index (κ1) is 18.4. The number of aryl methyl sites for hydroxylation is 1. The molecule has 0 saturated heterocycles. The molecule has 8 heteroatoms.